The standard InChI is InChI=1S/C13H11Cl2NS/c14-11-6-9(12-2-1-5-17-12)10-7-16-4-3-8(10)13(11)15/h1-2,5-6,16H,3-4,7H2. The van der Waals surface area contributed by atoms with Gasteiger partial charge in [-0.15, -0.1) is 11.3 Å². The van der Waals surface area contributed by atoms with Crippen LogP contribution in [0.4, 0.5) is 0 Å². The van der Waals surface area contributed by atoms with Crippen LogP contribution in [0.15, 0.2) is 23.6 Å². The van der Waals surface area contributed by atoms with E-state index in [1.807, 2.05) is 6.07 Å². The van der Waals surface area contributed by atoms with E-state index in [1.165, 1.54) is 21.6 Å². The lowest BCUT2D eigenvalue weighted by Gasteiger charge is -2.22. The Hall–Kier alpha value is -0.540. The van der Waals surface area contributed by atoms with Gasteiger partial charge in [0, 0.05) is 11.4 Å². The van der Waals surface area contributed by atoms with E-state index in [4.69, 9.17) is 23.2 Å². The molecule has 0 unspecified atom stereocenters. The molecule has 17 heavy (non-hydrogen) atoms. The number of rotatable bonds is 1. The third-order valence-electron chi connectivity index (χ3n) is 3.08. The van der Waals surface area contributed by atoms with E-state index in [0.29, 0.717) is 5.02 Å². The minimum atomic E-state index is 0.663. The fraction of sp³-hybridized carbons (Fsp3) is 0.231. The lowest BCUT2D eigenvalue weighted by molar-refractivity contribution is 0.645. The van der Waals surface area contributed by atoms with Crippen molar-refractivity contribution in [1.82, 2.24) is 5.32 Å². The summed E-state index contributed by atoms with van der Waals surface area (Å²) in [6.45, 7) is 1.84. The van der Waals surface area contributed by atoms with Gasteiger partial charge in [-0.05, 0) is 47.2 Å². The highest BCUT2D eigenvalue weighted by Gasteiger charge is 2.19. The van der Waals surface area contributed by atoms with Crippen molar-refractivity contribution in [3.8, 4) is 10.4 Å². The molecule has 2 heterocycles. The highest BCUT2D eigenvalue weighted by molar-refractivity contribution is 7.13. The van der Waals surface area contributed by atoms with Crippen molar-refractivity contribution in [1.29, 1.82) is 0 Å². The topological polar surface area (TPSA) is 12.0 Å². The van der Waals surface area contributed by atoms with Crippen molar-refractivity contribution in [2.75, 3.05) is 6.54 Å². The van der Waals surface area contributed by atoms with E-state index < -0.39 is 0 Å². The molecule has 1 aliphatic heterocycles. The summed E-state index contributed by atoms with van der Waals surface area (Å²) in [5.41, 5.74) is 3.73. The second-order valence-corrected chi connectivity index (χ2v) is 5.81. The first-order valence-electron chi connectivity index (χ1n) is 5.51. The zero-order valence-corrected chi connectivity index (χ0v) is 11.4. The molecule has 0 saturated carbocycles. The van der Waals surface area contributed by atoms with Gasteiger partial charge < -0.3 is 5.32 Å². The van der Waals surface area contributed by atoms with E-state index >= 15 is 0 Å². The lowest BCUT2D eigenvalue weighted by atomic mass is 9.95. The molecule has 88 valence electrons. The zero-order chi connectivity index (χ0) is 11.8. The molecule has 0 bridgehead atoms. The van der Waals surface area contributed by atoms with Gasteiger partial charge in [-0.3, -0.25) is 0 Å². The molecule has 4 heteroatoms. The quantitative estimate of drug-likeness (QED) is 0.820. The summed E-state index contributed by atoms with van der Waals surface area (Å²) in [5.74, 6) is 0. The average molecular weight is 284 g/mol. The first-order valence-corrected chi connectivity index (χ1v) is 7.15. The maximum atomic E-state index is 6.29. The lowest BCUT2D eigenvalue weighted by Crippen LogP contribution is -2.24. The van der Waals surface area contributed by atoms with Crippen LogP contribution in [0.3, 0.4) is 0 Å². The Morgan fingerprint density at radius 2 is 2.12 bits per heavy atom. The van der Waals surface area contributed by atoms with Gasteiger partial charge in [0.05, 0.1) is 10.0 Å². The molecule has 2 aromatic rings. The van der Waals surface area contributed by atoms with Crippen LogP contribution in [-0.2, 0) is 13.0 Å². The molecule has 0 spiro atoms. The summed E-state index contributed by atoms with van der Waals surface area (Å²) in [6.07, 6.45) is 0.951. The highest BCUT2D eigenvalue weighted by Crippen LogP contribution is 2.39. The van der Waals surface area contributed by atoms with E-state index in [-0.39, 0.29) is 0 Å². The predicted octanol–water partition coefficient (Wildman–Crippen LogP) is 4.37. The van der Waals surface area contributed by atoms with Crippen molar-refractivity contribution in [3.05, 3.63) is 44.8 Å². The molecule has 1 aromatic carbocycles. The molecule has 0 fully saturated rings. The van der Waals surface area contributed by atoms with Crippen LogP contribution >= 0.6 is 34.5 Å². The van der Waals surface area contributed by atoms with Crippen LogP contribution in [0.1, 0.15) is 11.1 Å². The molecule has 3 rings (SSSR count). The van der Waals surface area contributed by atoms with Crippen LogP contribution in [0.5, 0.6) is 0 Å². The largest absolute Gasteiger partial charge is 0.312 e. The van der Waals surface area contributed by atoms with Crippen LogP contribution in [0.25, 0.3) is 10.4 Å². The van der Waals surface area contributed by atoms with Crippen LogP contribution < -0.4 is 5.32 Å². The highest BCUT2D eigenvalue weighted by atomic mass is 35.5. The SMILES string of the molecule is Clc1cc(-c2cccs2)c2c(c1Cl)CCNC2. The summed E-state index contributed by atoms with van der Waals surface area (Å²) < 4.78 is 0. The van der Waals surface area contributed by atoms with Gasteiger partial charge in [0.15, 0.2) is 0 Å². The number of benzene rings is 1. The first-order chi connectivity index (χ1) is 8.27. The minimum absolute atomic E-state index is 0.663. The zero-order valence-electron chi connectivity index (χ0n) is 9.09. The molecule has 0 atom stereocenters. The van der Waals surface area contributed by atoms with Crippen molar-refractivity contribution >= 4 is 34.5 Å². The normalized spacial score (nSPS) is 14.7. The van der Waals surface area contributed by atoms with Crippen LogP contribution in [0.2, 0.25) is 10.0 Å². The second kappa shape index (κ2) is 4.62. The summed E-state index contributed by atoms with van der Waals surface area (Å²) in [7, 11) is 0. The van der Waals surface area contributed by atoms with Crippen molar-refractivity contribution < 1.29 is 0 Å². The average Bonchev–Trinajstić information content (AvgIpc) is 2.87. The van der Waals surface area contributed by atoms with Crippen molar-refractivity contribution in [3.63, 3.8) is 0 Å². The van der Waals surface area contributed by atoms with Crippen molar-refractivity contribution in [2.24, 2.45) is 0 Å². The number of fused-ring (bicyclic) bond motifs is 1. The molecule has 0 saturated heterocycles. The Kier molecular flexibility index (Phi) is 3.14. The molecule has 0 aliphatic carbocycles. The molecule has 1 N–H and O–H groups in total. The maximum absolute atomic E-state index is 6.29. The van der Waals surface area contributed by atoms with E-state index in [1.54, 1.807) is 11.3 Å². The number of halogens is 2. The molecule has 1 aromatic heterocycles. The van der Waals surface area contributed by atoms with Gasteiger partial charge in [0.1, 0.15) is 0 Å². The Morgan fingerprint density at radius 3 is 2.88 bits per heavy atom. The van der Waals surface area contributed by atoms with Crippen molar-refractivity contribution in [2.45, 2.75) is 13.0 Å². The molecule has 1 aliphatic rings. The molecular formula is C13H11Cl2NS. The van der Waals surface area contributed by atoms with E-state index in [0.717, 1.165) is 24.5 Å². The Labute approximate surface area is 114 Å². The fourth-order valence-electron chi connectivity index (χ4n) is 2.26. The van der Waals surface area contributed by atoms with E-state index in [9.17, 15) is 0 Å². The third-order valence-corrected chi connectivity index (χ3v) is 4.80. The number of nitrogens with one attached hydrogen (secondary N) is 1. The number of hydrogen-bond acceptors (Lipinski definition) is 2. The van der Waals surface area contributed by atoms with Gasteiger partial charge in [-0.2, -0.15) is 0 Å². The summed E-state index contributed by atoms with van der Waals surface area (Å²) in [6, 6.07) is 6.17. The van der Waals surface area contributed by atoms with Crippen LogP contribution in [-0.4, -0.2) is 6.54 Å². The monoisotopic (exact) mass is 283 g/mol. The third kappa shape index (κ3) is 2.00. The minimum Gasteiger partial charge on any atom is -0.312 e. The number of thiophene rings is 1. The van der Waals surface area contributed by atoms with Gasteiger partial charge >= 0.3 is 0 Å². The first kappa shape index (κ1) is 11.5. The maximum Gasteiger partial charge on any atom is 0.0628 e. The van der Waals surface area contributed by atoms with Crippen LogP contribution in [0, 0.1) is 0 Å². The molecule has 1 nitrogen and oxygen atoms in total. The predicted molar refractivity (Wildman–Crippen MR) is 75.2 cm³/mol. The fourth-order valence-corrected chi connectivity index (χ4v) is 3.51. The Bertz CT molecular complexity index is 549. The second-order valence-electron chi connectivity index (χ2n) is 4.08. The van der Waals surface area contributed by atoms with E-state index in [2.05, 4.69) is 22.8 Å². The Balaban J connectivity index is 2.25. The summed E-state index contributed by atoms with van der Waals surface area (Å²) in [5, 5.41) is 6.86. The molecule has 0 amide bonds. The Morgan fingerprint density at radius 1 is 1.24 bits per heavy atom. The van der Waals surface area contributed by atoms with Gasteiger partial charge in [-0.25, -0.2) is 0 Å². The molecule has 0 radical (unpaired) electrons. The van der Waals surface area contributed by atoms with Gasteiger partial charge in [-0.1, -0.05) is 29.3 Å². The summed E-state index contributed by atoms with van der Waals surface area (Å²) >= 11 is 14.2. The van der Waals surface area contributed by atoms with Gasteiger partial charge in [0.25, 0.3) is 0 Å². The smallest absolute Gasteiger partial charge is 0.0628 e. The molecular weight excluding hydrogens is 273 g/mol. The summed E-state index contributed by atoms with van der Waals surface area (Å²) in [4.78, 5) is 1.25. The number of hydrogen-bond donors (Lipinski definition) is 1. The van der Waals surface area contributed by atoms with Gasteiger partial charge in [0.2, 0.25) is 0 Å².